The SMILES string of the molecule is Cc1nn(C2CCCCC2)c2c(=O)[nH]c(-c3ccccc3)nc12. The van der Waals surface area contributed by atoms with Gasteiger partial charge >= 0.3 is 0 Å². The van der Waals surface area contributed by atoms with Gasteiger partial charge in [0.15, 0.2) is 5.52 Å². The van der Waals surface area contributed by atoms with Crippen molar-refractivity contribution in [2.24, 2.45) is 0 Å². The van der Waals surface area contributed by atoms with Crippen molar-refractivity contribution in [3.63, 3.8) is 0 Å². The zero-order chi connectivity index (χ0) is 15.8. The maximum Gasteiger partial charge on any atom is 0.277 e. The van der Waals surface area contributed by atoms with Crippen LogP contribution >= 0.6 is 0 Å². The third-order valence-electron chi connectivity index (χ3n) is 4.69. The van der Waals surface area contributed by atoms with Crippen molar-refractivity contribution in [3.05, 3.63) is 46.4 Å². The van der Waals surface area contributed by atoms with Gasteiger partial charge in [0, 0.05) is 5.56 Å². The largest absolute Gasteiger partial charge is 0.305 e. The molecule has 4 rings (SSSR count). The third kappa shape index (κ3) is 2.46. The van der Waals surface area contributed by atoms with Crippen LogP contribution in [0.1, 0.15) is 43.8 Å². The molecule has 118 valence electrons. The molecule has 0 amide bonds. The minimum Gasteiger partial charge on any atom is -0.305 e. The number of H-pyrrole nitrogens is 1. The average Bonchev–Trinajstić information content (AvgIpc) is 2.94. The number of nitrogens with zero attached hydrogens (tertiary/aromatic N) is 3. The lowest BCUT2D eigenvalue weighted by atomic mass is 9.95. The maximum absolute atomic E-state index is 12.7. The van der Waals surface area contributed by atoms with Gasteiger partial charge in [-0.25, -0.2) is 4.98 Å². The Morgan fingerprint density at radius 1 is 1.13 bits per heavy atom. The van der Waals surface area contributed by atoms with Crippen molar-refractivity contribution in [2.45, 2.75) is 45.1 Å². The van der Waals surface area contributed by atoms with E-state index < -0.39 is 0 Å². The number of nitrogens with one attached hydrogen (secondary N) is 1. The van der Waals surface area contributed by atoms with Gasteiger partial charge in [-0.05, 0) is 19.8 Å². The second-order valence-corrected chi connectivity index (χ2v) is 6.30. The second-order valence-electron chi connectivity index (χ2n) is 6.30. The van der Waals surface area contributed by atoms with Gasteiger partial charge in [0.1, 0.15) is 11.3 Å². The highest BCUT2D eigenvalue weighted by atomic mass is 16.1. The van der Waals surface area contributed by atoms with Crippen LogP contribution in [-0.4, -0.2) is 19.7 Å². The van der Waals surface area contributed by atoms with Crippen molar-refractivity contribution in [3.8, 4) is 11.4 Å². The molecule has 1 aliphatic rings. The van der Waals surface area contributed by atoms with Gasteiger partial charge in [-0.2, -0.15) is 5.10 Å². The topological polar surface area (TPSA) is 63.6 Å². The molecular weight excluding hydrogens is 288 g/mol. The number of aromatic nitrogens is 4. The summed E-state index contributed by atoms with van der Waals surface area (Å²) in [6.07, 6.45) is 5.88. The van der Waals surface area contributed by atoms with Gasteiger partial charge in [-0.1, -0.05) is 49.6 Å². The van der Waals surface area contributed by atoms with E-state index in [9.17, 15) is 4.79 Å². The van der Waals surface area contributed by atoms with E-state index in [0.717, 1.165) is 29.6 Å². The van der Waals surface area contributed by atoms with Gasteiger partial charge in [-0.15, -0.1) is 0 Å². The fourth-order valence-electron chi connectivity index (χ4n) is 3.51. The average molecular weight is 308 g/mol. The van der Waals surface area contributed by atoms with Crippen LogP contribution in [-0.2, 0) is 0 Å². The fraction of sp³-hybridized carbons (Fsp3) is 0.389. The van der Waals surface area contributed by atoms with Crippen molar-refractivity contribution < 1.29 is 0 Å². The summed E-state index contributed by atoms with van der Waals surface area (Å²) in [4.78, 5) is 20.3. The van der Waals surface area contributed by atoms with Crippen LogP contribution in [0.4, 0.5) is 0 Å². The molecule has 2 heterocycles. The van der Waals surface area contributed by atoms with E-state index in [2.05, 4.69) is 15.1 Å². The molecule has 1 aliphatic carbocycles. The van der Waals surface area contributed by atoms with E-state index >= 15 is 0 Å². The lowest BCUT2D eigenvalue weighted by Crippen LogP contribution is -2.19. The molecule has 1 fully saturated rings. The van der Waals surface area contributed by atoms with Crippen molar-refractivity contribution in [1.29, 1.82) is 0 Å². The van der Waals surface area contributed by atoms with Gasteiger partial charge in [-0.3, -0.25) is 9.48 Å². The normalized spacial score (nSPS) is 16.0. The number of benzene rings is 1. The third-order valence-corrected chi connectivity index (χ3v) is 4.69. The summed E-state index contributed by atoms with van der Waals surface area (Å²) >= 11 is 0. The molecule has 2 aromatic heterocycles. The summed E-state index contributed by atoms with van der Waals surface area (Å²) in [6, 6.07) is 10.1. The first-order valence-corrected chi connectivity index (χ1v) is 8.28. The van der Waals surface area contributed by atoms with E-state index in [4.69, 9.17) is 0 Å². The lowest BCUT2D eigenvalue weighted by molar-refractivity contribution is 0.336. The van der Waals surface area contributed by atoms with Crippen LogP contribution in [0.5, 0.6) is 0 Å². The predicted octanol–water partition coefficient (Wildman–Crippen LogP) is 3.60. The standard InChI is InChI=1S/C18H20N4O/c1-12-15-16(22(21-12)14-10-6-3-7-11-14)18(23)20-17(19-15)13-8-4-2-5-9-13/h2,4-5,8-9,14H,3,6-7,10-11H2,1H3,(H,19,20,23). The van der Waals surface area contributed by atoms with Crippen LogP contribution in [0.25, 0.3) is 22.4 Å². The van der Waals surface area contributed by atoms with E-state index in [1.807, 2.05) is 41.9 Å². The first kappa shape index (κ1) is 14.2. The number of hydrogen-bond donors (Lipinski definition) is 1. The van der Waals surface area contributed by atoms with E-state index in [0.29, 0.717) is 17.4 Å². The number of fused-ring (bicyclic) bond motifs is 1. The smallest absolute Gasteiger partial charge is 0.277 e. The Hall–Kier alpha value is -2.43. The zero-order valence-corrected chi connectivity index (χ0v) is 13.2. The monoisotopic (exact) mass is 308 g/mol. The molecule has 23 heavy (non-hydrogen) atoms. The maximum atomic E-state index is 12.7. The second kappa shape index (κ2) is 5.65. The van der Waals surface area contributed by atoms with Crippen LogP contribution in [0, 0.1) is 6.92 Å². The molecule has 1 aromatic carbocycles. The number of rotatable bonds is 2. The van der Waals surface area contributed by atoms with Crippen molar-refractivity contribution >= 4 is 11.0 Å². The van der Waals surface area contributed by atoms with E-state index in [-0.39, 0.29) is 5.56 Å². The Morgan fingerprint density at radius 2 is 1.87 bits per heavy atom. The number of aromatic amines is 1. The highest BCUT2D eigenvalue weighted by Crippen LogP contribution is 2.30. The molecule has 0 bridgehead atoms. The molecule has 0 spiro atoms. The lowest BCUT2D eigenvalue weighted by Gasteiger charge is -2.22. The van der Waals surface area contributed by atoms with Gasteiger partial charge < -0.3 is 4.98 Å². The van der Waals surface area contributed by atoms with Gasteiger partial charge in [0.05, 0.1) is 11.7 Å². The highest BCUT2D eigenvalue weighted by Gasteiger charge is 2.22. The molecule has 0 aliphatic heterocycles. The van der Waals surface area contributed by atoms with Crippen molar-refractivity contribution in [2.75, 3.05) is 0 Å². The molecule has 0 unspecified atom stereocenters. The quantitative estimate of drug-likeness (QED) is 0.786. The molecule has 0 atom stereocenters. The van der Waals surface area contributed by atoms with E-state index in [1.54, 1.807) is 0 Å². The van der Waals surface area contributed by atoms with Gasteiger partial charge in [0.2, 0.25) is 0 Å². The predicted molar refractivity (Wildman–Crippen MR) is 90.4 cm³/mol. The van der Waals surface area contributed by atoms with Crippen LogP contribution in [0.2, 0.25) is 0 Å². The Balaban J connectivity index is 1.88. The summed E-state index contributed by atoms with van der Waals surface area (Å²) in [6.45, 7) is 1.93. The first-order valence-electron chi connectivity index (χ1n) is 8.28. The highest BCUT2D eigenvalue weighted by molar-refractivity contribution is 5.78. The molecule has 0 radical (unpaired) electrons. The zero-order valence-electron chi connectivity index (χ0n) is 13.2. The van der Waals surface area contributed by atoms with Crippen LogP contribution < -0.4 is 5.56 Å². The molecule has 1 N–H and O–H groups in total. The summed E-state index contributed by atoms with van der Waals surface area (Å²) in [5, 5.41) is 4.64. The Labute approximate surface area is 134 Å². The Bertz CT molecular complexity index is 889. The molecule has 3 aromatic rings. The fourth-order valence-corrected chi connectivity index (χ4v) is 3.51. The van der Waals surface area contributed by atoms with Crippen molar-refractivity contribution in [1.82, 2.24) is 19.7 Å². The Kier molecular flexibility index (Phi) is 3.48. The van der Waals surface area contributed by atoms with E-state index in [1.165, 1.54) is 19.3 Å². The van der Waals surface area contributed by atoms with Crippen LogP contribution in [0.15, 0.2) is 35.1 Å². The summed E-state index contributed by atoms with van der Waals surface area (Å²) in [7, 11) is 0. The number of aryl methyl sites for hydroxylation is 1. The number of hydrogen-bond acceptors (Lipinski definition) is 3. The molecular formula is C18H20N4O. The van der Waals surface area contributed by atoms with Gasteiger partial charge in [0.25, 0.3) is 5.56 Å². The molecule has 5 heteroatoms. The summed E-state index contributed by atoms with van der Waals surface area (Å²) in [5.74, 6) is 0.606. The summed E-state index contributed by atoms with van der Waals surface area (Å²) < 4.78 is 1.92. The minimum absolute atomic E-state index is 0.0972. The molecule has 0 saturated heterocycles. The minimum atomic E-state index is -0.0972. The Morgan fingerprint density at radius 3 is 2.61 bits per heavy atom. The molecule has 5 nitrogen and oxygen atoms in total. The molecule has 1 saturated carbocycles. The first-order chi connectivity index (χ1) is 11.2. The van der Waals surface area contributed by atoms with Crippen LogP contribution in [0.3, 0.4) is 0 Å². The summed E-state index contributed by atoms with van der Waals surface area (Å²) in [5.41, 5.74) is 2.98.